The van der Waals surface area contributed by atoms with Crippen LogP contribution in [0, 0.1) is 0 Å². The molecule has 0 unspecified atom stereocenters. The van der Waals surface area contributed by atoms with Crippen molar-refractivity contribution >= 4 is 12.0 Å². The number of ether oxygens (including phenoxy) is 2. The van der Waals surface area contributed by atoms with Gasteiger partial charge in [-0.2, -0.15) is 0 Å². The van der Waals surface area contributed by atoms with Crippen molar-refractivity contribution in [2.75, 3.05) is 19.9 Å². The van der Waals surface area contributed by atoms with Crippen LogP contribution in [0.2, 0.25) is 0 Å². The highest BCUT2D eigenvalue weighted by Gasteiger charge is 2.13. The minimum absolute atomic E-state index is 0.147. The third-order valence-corrected chi connectivity index (χ3v) is 5.16. The summed E-state index contributed by atoms with van der Waals surface area (Å²) in [5, 5.41) is 0. The molecule has 0 N–H and O–H groups in total. The van der Waals surface area contributed by atoms with Crippen molar-refractivity contribution in [1.29, 1.82) is 0 Å². The summed E-state index contributed by atoms with van der Waals surface area (Å²) in [5.74, 6) is 1.08. The SMILES string of the molecule is O=C(C=CC=CCCCCC=Cc1cccc2c1COCO2)N1CCCCC1. The molecule has 0 spiro atoms. The number of hydrogen-bond acceptors (Lipinski definition) is 3. The molecule has 2 aliphatic heterocycles. The highest BCUT2D eigenvalue weighted by Crippen LogP contribution is 2.27. The monoisotopic (exact) mass is 381 g/mol. The van der Waals surface area contributed by atoms with Gasteiger partial charge in [-0.1, -0.05) is 42.5 Å². The predicted molar refractivity (Wildman–Crippen MR) is 113 cm³/mol. The van der Waals surface area contributed by atoms with Gasteiger partial charge in [-0.05, 0) is 56.6 Å². The molecule has 28 heavy (non-hydrogen) atoms. The number of amides is 1. The van der Waals surface area contributed by atoms with Gasteiger partial charge >= 0.3 is 0 Å². The van der Waals surface area contributed by atoms with Crippen LogP contribution in [0.1, 0.15) is 56.1 Å². The Morgan fingerprint density at radius 3 is 2.71 bits per heavy atom. The molecule has 3 rings (SSSR count). The molecule has 4 nitrogen and oxygen atoms in total. The van der Waals surface area contributed by atoms with Crippen LogP contribution in [0.4, 0.5) is 0 Å². The van der Waals surface area contributed by atoms with E-state index in [1.165, 1.54) is 12.0 Å². The van der Waals surface area contributed by atoms with E-state index in [0.29, 0.717) is 13.4 Å². The van der Waals surface area contributed by atoms with Gasteiger partial charge in [0.15, 0.2) is 6.79 Å². The van der Waals surface area contributed by atoms with Crippen LogP contribution in [0.25, 0.3) is 6.08 Å². The molecule has 4 heteroatoms. The van der Waals surface area contributed by atoms with E-state index in [-0.39, 0.29) is 5.91 Å². The van der Waals surface area contributed by atoms with Crippen LogP contribution in [-0.2, 0) is 16.1 Å². The lowest BCUT2D eigenvalue weighted by Crippen LogP contribution is -2.34. The quantitative estimate of drug-likeness (QED) is 0.351. The van der Waals surface area contributed by atoms with E-state index in [2.05, 4.69) is 24.3 Å². The normalized spacial score (nSPS) is 17.4. The molecule has 0 atom stereocenters. The maximum atomic E-state index is 12.0. The van der Waals surface area contributed by atoms with Crippen molar-refractivity contribution in [2.24, 2.45) is 0 Å². The van der Waals surface area contributed by atoms with E-state index < -0.39 is 0 Å². The van der Waals surface area contributed by atoms with Gasteiger partial charge in [-0.15, -0.1) is 0 Å². The number of unbranched alkanes of at least 4 members (excludes halogenated alkanes) is 3. The van der Waals surface area contributed by atoms with Crippen LogP contribution < -0.4 is 4.74 Å². The summed E-state index contributed by atoms with van der Waals surface area (Å²) < 4.78 is 10.9. The van der Waals surface area contributed by atoms with Gasteiger partial charge < -0.3 is 14.4 Å². The average molecular weight is 382 g/mol. The van der Waals surface area contributed by atoms with Crippen molar-refractivity contribution in [3.63, 3.8) is 0 Å². The average Bonchev–Trinajstić information content (AvgIpc) is 2.75. The summed E-state index contributed by atoms with van der Waals surface area (Å²) in [6.07, 6.45) is 20.0. The van der Waals surface area contributed by atoms with E-state index in [0.717, 1.165) is 62.9 Å². The largest absolute Gasteiger partial charge is 0.467 e. The summed E-state index contributed by atoms with van der Waals surface area (Å²) in [6.45, 7) is 2.78. The van der Waals surface area contributed by atoms with Gasteiger partial charge in [0, 0.05) is 24.7 Å². The number of fused-ring (bicyclic) bond motifs is 1. The Morgan fingerprint density at radius 2 is 1.86 bits per heavy atom. The molecule has 1 fully saturated rings. The van der Waals surface area contributed by atoms with E-state index in [4.69, 9.17) is 9.47 Å². The standard InChI is InChI=1S/C24H31NO3/c26-24(25-17-10-7-11-18-25)16-9-6-4-2-1-3-5-8-13-21-14-12-15-23-22(21)19-27-20-28-23/h4,6,8-9,12-16H,1-3,5,7,10-11,17-20H2. The Labute approximate surface area is 168 Å². The summed E-state index contributed by atoms with van der Waals surface area (Å²) in [7, 11) is 0. The molecule has 0 aliphatic carbocycles. The summed E-state index contributed by atoms with van der Waals surface area (Å²) in [4.78, 5) is 13.9. The maximum absolute atomic E-state index is 12.0. The second kappa shape index (κ2) is 11.5. The van der Waals surface area contributed by atoms with Crippen LogP contribution in [0.5, 0.6) is 5.75 Å². The minimum atomic E-state index is 0.147. The van der Waals surface area contributed by atoms with Gasteiger partial charge in [-0.25, -0.2) is 0 Å². The fraction of sp³-hybridized carbons (Fsp3) is 0.458. The molecule has 1 aromatic rings. The first kappa shape index (κ1) is 20.4. The number of likely N-dealkylation sites (tertiary alicyclic amines) is 1. The molecule has 0 saturated carbocycles. The predicted octanol–water partition coefficient (Wildman–Crippen LogP) is 5.25. The Morgan fingerprint density at radius 1 is 1.04 bits per heavy atom. The van der Waals surface area contributed by atoms with Crippen molar-refractivity contribution in [3.8, 4) is 5.75 Å². The topological polar surface area (TPSA) is 38.8 Å². The molecule has 150 valence electrons. The first-order valence-electron chi connectivity index (χ1n) is 10.5. The van der Waals surface area contributed by atoms with Gasteiger partial charge in [-0.3, -0.25) is 4.79 Å². The second-order valence-electron chi connectivity index (χ2n) is 7.29. The molecule has 1 saturated heterocycles. The number of allylic oxidation sites excluding steroid dienone is 4. The first-order valence-corrected chi connectivity index (χ1v) is 10.5. The van der Waals surface area contributed by atoms with E-state index in [1.54, 1.807) is 6.08 Å². The molecule has 1 amide bonds. The Balaban J connectivity index is 1.30. The number of rotatable bonds is 8. The lowest BCUT2D eigenvalue weighted by atomic mass is 10.0. The number of carbonyl (C=O) groups excluding carboxylic acids is 1. The molecule has 2 aliphatic rings. The Bertz CT molecular complexity index is 715. The van der Waals surface area contributed by atoms with Gasteiger partial charge in [0.25, 0.3) is 0 Å². The van der Waals surface area contributed by atoms with Crippen LogP contribution in [0.3, 0.4) is 0 Å². The molecular formula is C24H31NO3. The lowest BCUT2D eigenvalue weighted by molar-refractivity contribution is -0.126. The molecule has 0 aromatic heterocycles. The van der Waals surface area contributed by atoms with Gasteiger partial charge in [0.2, 0.25) is 5.91 Å². The molecular weight excluding hydrogens is 350 g/mol. The van der Waals surface area contributed by atoms with Gasteiger partial charge in [0.1, 0.15) is 5.75 Å². The highest BCUT2D eigenvalue weighted by molar-refractivity contribution is 5.87. The van der Waals surface area contributed by atoms with E-state index >= 15 is 0 Å². The molecule has 0 radical (unpaired) electrons. The highest BCUT2D eigenvalue weighted by atomic mass is 16.7. The zero-order valence-corrected chi connectivity index (χ0v) is 16.6. The third kappa shape index (κ3) is 6.38. The number of hydrogen-bond donors (Lipinski definition) is 0. The molecule has 0 bridgehead atoms. The van der Waals surface area contributed by atoms with Crippen molar-refractivity contribution < 1.29 is 14.3 Å². The first-order chi connectivity index (χ1) is 13.8. The summed E-state index contributed by atoms with van der Waals surface area (Å²) in [6, 6.07) is 6.13. The van der Waals surface area contributed by atoms with Crippen LogP contribution >= 0.6 is 0 Å². The summed E-state index contributed by atoms with van der Waals surface area (Å²) >= 11 is 0. The smallest absolute Gasteiger partial charge is 0.246 e. The molecule has 1 aromatic carbocycles. The summed E-state index contributed by atoms with van der Waals surface area (Å²) in [5.41, 5.74) is 2.32. The van der Waals surface area contributed by atoms with E-state index in [1.807, 2.05) is 29.2 Å². The fourth-order valence-corrected chi connectivity index (χ4v) is 3.54. The Hall–Kier alpha value is -2.33. The number of piperidine rings is 1. The molecule has 2 heterocycles. The van der Waals surface area contributed by atoms with Crippen LogP contribution in [0.15, 0.2) is 48.6 Å². The number of nitrogens with zero attached hydrogens (tertiary/aromatic N) is 1. The van der Waals surface area contributed by atoms with Gasteiger partial charge in [0.05, 0.1) is 6.61 Å². The second-order valence-corrected chi connectivity index (χ2v) is 7.29. The minimum Gasteiger partial charge on any atom is -0.467 e. The van der Waals surface area contributed by atoms with Crippen LogP contribution in [-0.4, -0.2) is 30.7 Å². The van der Waals surface area contributed by atoms with Crippen molar-refractivity contribution in [2.45, 2.75) is 51.6 Å². The maximum Gasteiger partial charge on any atom is 0.246 e. The van der Waals surface area contributed by atoms with E-state index in [9.17, 15) is 4.79 Å². The number of carbonyl (C=O) groups is 1. The number of benzene rings is 1. The zero-order chi connectivity index (χ0) is 19.4. The third-order valence-electron chi connectivity index (χ3n) is 5.16. The van der Waals surface area contributed by atoms with Crippen molar-refractivity contribution in [3.05, 3.63) is 59.7 Å². The zero-order valence-electron chi connectivity index (χ0n) is 16.6. The fourth-order valence-electron chi connectivity index (χ4n) is 3.54. The Kier molecular flexibility index (Phi) is 8.38. The lowest BCUT2D eigenvalue weighted by Gasteiger charge is -2.25. The van der Waals surface area contributed by atoms with Crippen molar-refractivity contribution in [1.82, 2.24) is 4.90 Å².